The van der Waals surface area contributed by atoms with Gasteiger partial charge in [-0.25, -0.2) is 0 Å². The van der Waals surface area contributed by atoms with Gasteiger partial charge >= 0.3 is 0 Å². The topological polar surface area (TPSA) is 87.9 Å². The molecule has 0 saturated heterocycles. The summed E-state index contributed by atoms with van der Waals surface area (Å²) in [6.45, 7) is 2.46. The Bertz CT molecular complexity index is 587. The minimum atomic E-state index is -0.0368. The van der Waals surface area contributed by atoms with Gasteiger partial charge in [-0.15, -0.1) is 0 Å². The number of thiocarbonyl (C=S) groups is 1. The van der Waals surface area contributed by atoms with Crippen LogP contribution in [0.1, 0.15) is 12.5 Å². The number of rotatable bonds is 8. The molecule has 0 radical (unpaired) electrons. The van der Waals surface area contributed by atoms with Crippen LogP contribution in [-0.2, 0) is 4.74 Å². The first-order valence-electron chi connectivity index (χ1n) is 6.87. The third-order valence-electron chi connectivity index (χ3n) is 2.65. The van der Waals surface area contributed by atoms with Crippen molar-refractivity contribution in [3.8, 4) is 17.6 Å². The number of benzene rings is 1. The molecule has 7 nitrogen and oxygen atoms in total. The van der Waals surface area contributed by atoms with Gasteiger partial charge in [-0.2, -0.15) is 10.4 Å². The molecule has 0 aromatic heterocycles. The highest BCUT2D eigenvalue weighted by Gasteiger charge is 2.05. The molecule has 0 aliphatic rings. The number of methoxy groups -OCH3 is 2. The van der Waals surface area contributed by atoms with Crippen molar-refractivity contribution in [1.82, 2.24) is 10.7 Å². The van der Waals surface area contributed by atoms with Gasteiger partial charge in [-0.3, -0.25) is 5.43 Å². The summed E-state index contributed by atoms with van der Waals surface area (Å²) in [5.74, 6) is 1.03. The molecule has 0 heterocycles. The lowest BCUT2D eigenvalue weighted by atomic mass is 10.2. The maximum absolute atomic E-state index is 8.54. The summed E-state index contributed by atoms with van der Waals surface area (Å²) in [7, 11) is 3.16. The van der Waals surface area contributed by atoms with Crippen molar-refractivity contribution < 1.29 is 14.2 Å². The summed E-state index contributed by atoms with van der Waals surface area (Å²) in [6.07, 6.45) is 1.60. The molecule has 1 aromatic carbocycles. The molecule has 1 atom stereocenters. The van der Waals surface area contributed by atoms with E-state index in [4.69, 9.17) is 31.7 Å². The van der Waals surface area contributed by atoms with Crippen molar-refractivity contribution in [3.05, 3.63) is 23.8 Å². The van der Waals surface area contributed by atoms with Crippen molar-refractivity contribution in [2.45, 2.75) is 13.0 Å². The fourth-order valence-electron chi connectivity index (χ4n) is 1.71. The number of hydrogen-bond acceptors (Lipinski definition) is 6. The van der Waals surface area contributed by atoms with E-state index in [1.165, 1.54) is 7.11 Å². The van der Waals surface area contributed by atoms with Crippen LogP contribution in [0, 0.1) is 11.3 Å². The molecule has 0 spiro atoms. The highest BCUT2D eigenvalue weighted by molar-refractivity contribution is 7.80. The zero-order chi connectivity index (χ0) is 17.1. The Hall–Kier alpha value is -2.37. The van der Waals surface area contributed by atoms with Gasteiger partial charge in [0.2, 0.25) is 0 Å². The van der Waals surface area contributed by atoms with Crippen molar-refractivity contribution in [1.29, 1.82) is 5.26 Å². The first-order chi connectivity index (χ1) is 11.1. The lowest BCUT2D eigenvalue weighted by molar-refractivity contribution is 0.179. The van der Waals surface area contributed by atoms with Crippen molar-refractivity contribution in [2.75, 3.05) is 27.4 Å². The molecule has 0 unspecified atom stereocenters. The van der Waals surface area contributed by atoms with Crippen LogP contribution in [0.25, 0.3) is 0 Å². The maximum Gasteiger partial charge on any atom is 0.187 e. The van der Waals surface area contributed by atoms with Crippen LogP contribution >= 0.6 is 12.2 Å². The van der Waals surface area contributed by atoms with E-state index in [1.807, 2.05) is 13.0 Å². The molecule has 8 heteroatoms. The molecule has 124 valence electrons. The van der Waals surface area contributed by atoms with E-state index in [1.54, 1.807) is 31.5 Å². The van der Waals surface area contributed by atoms with Crippen LogP contribution in [0.2, 0.25) is 0 Å². The largest absolute Gasteiger partial charge is 0.493 e. The molecular formula is C15H20N4O3S. The Balaban J connectivity index is 2.59. The minimum Gasteiger partial charge on any atom is -0.493 e. The molecule has 0 aliphatic heterocycles. The van der Waals surface area contributed by atoms with Gasteiger partial charge in [0.25, 0.3) is 0 Å². The highest BCUT2D eigenvalue weighted by atomic mass is 32.1. The van der Waals surface area contributed by atoms with Gasteiger partial charge in [0, 0.05) is 13.2 Å². The fraction of sp³-hybridized carbons (Fsp3) is 0.400. The van der Waals surface area contributed by atoms with Gasteiger partial charge < -0.3 is 19.5 Å². The Kier molecular flexibility index (Phi) is 8.42. The van der Waals surface area contributed by atoms with E-state index in [2.05, 4.69) is 15.8 Å². The maximum atomic E-state index is 8.54. The lowest BCUT2D eigenvalue weighted by Gasteiger charge is -2.13. The predicted octanol–water partition coefficient (Wildman–Crippen LogP) is 1.43. The molecule has 1 rings (SSSR count). The fourth-order valence-corrected chi connectivity index (χ4v) is 1.96. The molecule has 0 bridgehead atoms. The standard InChI is InChI=1S/C15H20N4O3S/c1-11(10-20-2)18-15(23)19-17-9-12-4-5-13(22-7-6-16)14(8-12)21-3/h4-5,8-9,11H,7,10H2,1-3H3,(H2,18,19,23)/b17-9-/t11-/m0/s1. The first-order valence-corrected chi connectivity index (χ1v) is 7.27. The lowest BCUT2D eigenvalue weighted by Crippen LogP contribution is -2.40. The van der Waals surface area contributed by atoms with Crippen LogP contribution in [0.3, 0.4) is 0 Å². The molecule has 0 amide bonds. The number of ether oxygens (including phenoxy) is 3. The molecule has 1 aromatic rings. The summed E-state index contributed by atoms with van der Waals surface area (Å²) in [4.78, 5) is 0. The smallest absolute Gasteiger partial charge is 0.187 e. The quantitative estimate of drug-likeness (QED) is 0.422. The highest BCUT2D eigenvalue weighted by Crippen LogP contribution is 2.27. The molecule has 0 saturated carbocycles. The van der Waals surface area contributed by atoms with E-state index in [0.717, 1.165) is 5.56 Å². The van der Waals surface area contributed by atoms with Crippen LogP contribution in [0.15, 0.2) is 23.3 Å². The Morgan fingerprint density at radius 2 is 2.22 bits per heavy atom. The number of nitrogens with one attached hydrogen (secondary N) is 2. The van der Waals surface area contributed by atoms with Crippen molar-refractivity contribution >= 4 is 23.5 Å². The second-order valence-corrected chi connectivity index (χ2v) is 4.97. The van der Waals surface area contributed by atoms with Crippen LogP contribution in [-0.4, -0.2) is 44.8 Å². The van der Waals surface area contributed by atoms with Gasteiger partial charge in [0.1, 0.15) is 6.07 Å². The Morgan fingerprint density at radius 1 is 1.43 bits per heavy atom. The number of hydrazone groups is 1. The molecule has 23 heavy (non-hydrogen) atoms. The second kappa shape index (κ2) is 10.4. The third-order valence-corrected chi connectivity index (χ3v) is 2.86. The van der Waals surface area contributed by atoms with Gasteiger partial charge in [0.05, 0.1) is 19.9 Å². The van der Waals surface area contributed by atoms with Gasteiger partial charge in [0.15, 0.2) is 23.2 Å². The average molecular weight is 336 g/mol. The zero-order valence-corrected chi connectivity index (χ0v) is 14.1. The normalized spacial score (nSPS) is 11.6. The molecule has 0 fully saturated rings. The zero-order valence-electron chi connectivity index (χ0n) is 13.3. The minimum absolute atomic E-state index is 0.0368. The monoisotopic (exact) mass is 336 g/mol. The van der Waals surface area contributed by atoms with Gasteiger partial charge in [-0.1, -0.05) is 0 Å². The summed E-state index contributed by atoms with van der Waals surface area (Å²) in [6, 6.07) is 7.26. The summed E-state index contributed by atoms with van der Waals surface area (Å²) >= 11 is 5.11. The molecular weight excluding hydrogens is 316 g/mol. The third kappa shape index (κ3) is 6.95. The van der Waals surface area contributed by atoms with Gasteiger partial charge in [-0.05, 0) is 42.9 Å². The van der Waals surface area contributed by atoms with Crippen LogP contribution in [0.5, 0.6) is 11.5 Å². The van der Waals surface area contributed by atoms with Crippen LogP contribution in [0.4, 0.5) is 0 Å². The Labute approximate surface area is 141 Å². The van der Waals surface area contributed by atoms with Crippen LogP contribution < -0.4 is 20.2 Å². The number of nitrogens with zero attached hydrogens (tertiary/aromatic N) is 2. The van der Waals surface area contributed by atoms with E-state index < -0.39 is 0 Å². The molecule has 2 N–H and O–H groups in total. The number of hydrogen-bond donors (Lipinski definition) is 2. The van der Waals surface area contributed by atoms with E-state index in [-0.39, 0.29) is 12.6 Å². The van der Waals surface area contributed by atoms with E-state index in [0.29, 0.717) is 23.2 Å². The number of nitriles is 1. The SMILES string of the molecule is COC[C@H](C)NC(=S)N/N=C\c1ccc(OCC#N)c(OC)c1. The van der Waals surface area contributed by atoms with Crippen molar-refractivity contribution in [2.24, 2.45) is 5.10 Å². The molecule has 0 aliphatic carbocycles. The summed E-state index contributed by atoms with van der Waals surface area (Å²) in [5.41, 5.74) is 3.52. The van der Waals surface area contributed by atoms with Crippen molar-refractivity contribution in [3.63, 3.8) is 0 Å². The first kappa shape index (κ1) is 18.7. The summed E-state index contributed by atoms with van der Waals surface area (Å²) < 4.78 is 15.5. The predicted molar refractivity (Wildman–Crippen MR) is 91.9 cm³/mol. The van der Waals surface area contributed by atoms with E-state index in [9.17, 15) is 0 Å². The summed E-state index contributed by atoms with van der Waals surface area (Å²) in [5, 5.41) is 16.0. The van der Waals surface area contributed by atoms with E-state index >= 15 is 0 Å². The second-order valence-electron chi connectivity index (χ2n) is 4.56. The average Bonchev–Trinajstić information content (AvgIpc) is 2.53. The Morgan fingerprint density at radius 3 is 2.87 bits per heavy atom.